The van der Waals surface area contributed by atoms with Crippen molar-refractivity contribution in [2.24, 2.45) is 11.7 Å². The third-order valence-corrected chi connectivity index (χ3v) is 3.67. The van der Waals surface area contributed by atoms with Crippen molar-refractivity contribution in [3.63, 3.8) is 0 Å². The average molecular weight is 255 g/mol. The lowest BCUT2D eigenvalue weighted by atomic mass is 10.1. The normalized spacial score (nSPS) is 19.6. The van der Waals surface area contributed by atoms with Crippen molar-refractivity contribution >= 4 is 5.91 Å². The van der Waals surface area contributed by atoms with Gasteiger partial charge in [-0.15, -0.1) is 0 Å². The number of amides is 1. The Hall–Kier alpha value is -0.610. The summed E-state index contributed by atoms with van der Waals surface area (Å²) in [7, 11) is 0. The van der Waals surface area contributed by atoms with Crippen LogP contribution in [0, 0.1) is 5.92 Å². The second-order valence-electron chi connectivity index (χ2n) is 5.67. The summed E-state index contributed by atoms with van der Waals surface area (Å²) in [5.41, 5.74) is 5.78. The van der Waals surface area contributed by atoms with Crippen LogP contribution in [0.3, 0.4) is 0 Å². The Morgan fingerprint density at radius 3 is 2.39 bits per heavy atom. The van der Waals surface area contributed by atoms with Gasteiger partial charge in [0, 0.05) is 6.54 Å². The fraction of sp³-hybridized carbons (Fsp3) is 0.929. The summed E-state index contributed by atoms with van der Waals surface area (Å²) in [6, 6.07) is -0.372. The van der Waals surface area contributed by atoms with Crippen molar-refractivity contribution in [3.05, 3.63) is 0 Å². The van der Waals surface area contributed by atoms with Gasteiger partial charge in [0.05, 0.1) is 6.04 Å². The van der Waals surface area contributed by atoms with Crippen molar-refractivity contribution < 1.29 is 4.79 Å². The Morgan fingerprint density at radius 2 is 1.83 bits per heavy atom. The van der Waals surface area contributed by atoms with Crippen molar-refractivity contribution in [1.82, 2.24) is 10.2 Å². The molecular weight excluding hydrogens is 226 g/mol. The molecule has 1 amide bonds. The summed E-state index contributed by atoms with van der Waals surface area (Å²) in [4.78, 5) is 14.2. The number of nitrogens with two attached hydrogens (primary N) is 1. The minimum atomic E-state index is -0.372. The molecule has 3 N–H and O–H groups in total. The summed E-state index contributed by atoms with van der Waals surface area (Å²) in [6.45, 7) is 8.23. The molecule has 1 saturated heterocycles. The molecule has 1 rings (SSSR count). The predicted octanol–water partition coefficient (Wildman–Crippen LogP) is 1.35. The van der Waals surface area contributed by atoms with Gasteiger partial charge in [0.1, 0.15) is 0 Å². The summed E-state index contributed by atoms with van der Waals surface area (Å²) in [5.74, 6) is 0.191. The Morgan fingerprint density at radius 1 is 1.22 bits per heavy atom. The largest absolute Gasteiger partial charge is 0.355 e. The number of hydrogen-bond acceptors (Lipinski definition) is 3. The Bertz CT molecular complexity index is 235. The van der Waals surface area contributed by atoms with E-state index < -0.39 is 0 Å². The topological polar surface area (TPSA) is 58.4 Å². The van der Waals surface area contributed by atoms with Gasteiger partial charge in [0.2, 0.25) is 5.91 Å². The molecular formula is C14H29N3O. The number of carbonyl (C=O) groups is 1. The Kier molecular flexibility index (Phi) is 7.28. The van der Waals surface area contributed by atoms with Crippen molar-refractivity contribution in [1.29, 1.82) is 0 Å². The van der Waals surface area contributed by atoms with Gasteiger partial charge in [-0.1, -0.05) is 26.7 Å². The molecule has 0 aliphatic carbocycles. The molecule has 0 radical (unpaired) electrons. The highest BCUT2D eigenvalue weighted by molar-refractivity contribution is 5.81. The lowest BCUT2D eigenvalue weighted by molar-refractivity contribution is -0.123. The average Bonchev–Trinajstić information content (AvgIpc) is 2.61. The quantitative estimate of drug-likeness (QED) is 0.704. The third kappa shape index (κ3) is 5.83. The first kappa shape index (κ1) is 15.4. The fourth-order valence-electron chi connectivity index (χ4n) is 2.29. The highest BCUT2D eigenvalue weighted by atomic mass is 16.2. The van der Waals surface area contributed by atoms with Gasteiger partial charge >= 0.3 is 0 Å². The second-order valence-corrected chi connectivity index (χ2v) is 5.67. The minimum absolute atomic E-state index is 0.0131. The number of likely N-dealkylation sites (tertiary alicyclic amines) is 1. The molecule has 0 unspecified atom stereocenters. The first-order valence-electron chi connectivity index (χ1n) is 7.37. The molecule has 1 fully saturated rings. The van der Waals surface area contributed by atoms with E-state index in [1.54, 1.807) is 0 Å². The minimum Gasteiger partial charge on any atom is -0.355 e. The first-order valence-corrected chi connectivity index (χ1v) is 7.37. The van der Waals surface area contributed by atoms with Crippen molar-refractivity contribution in [3.8, 4) is 0 Å². The van der Waals surface area contributed by atoms with E-state index in [4.69, 9.17) is 5.73 Å². The lowest BCUT2D eigenvalue weighted by Crippen LogP contribution is -2.44. The van der Waals surface area contributed by atoms with Crippen LogP contribution in [0.1, 0.15) is 46.0 Å². The van der Waals surface area contributed by atoms with Crippen molar-refractivity contribution in [2.75, 3.05) is 26.2 Å². The number of hydrogen-bond donors (Lipinski definition) is 2. The fourth-order valence-corrected chi connectivity index (χ4v) is 2.29. The zero-order valence-electron chi connectivity index (χ0n) is 12.0. The zero-order chi connectivity index (χ0) is 13.4. The molecule has 4 heteroatoms. The molecule has 0 aromatic carbocycles. The zero-order valence-corrected chi connectivity index (χ0v) is 12.0. The van der Waals surface area contributed by atoms with Crippen LogP contribution < -0.4 is 11.1 Å². The van der Waals surface area contributed by atoms with Crippen LogP contribution >= 0.6 is 0 Å². The van der Waals surface area contributed by atoms with Gasteiger partial charge in [0.15, 0.2) is 0 Å². The van der Waals surface area contributed by atoms with E-state index in [1.165, 1.54) is 38.8 Å². The second kappa shape index (κ2) is 8.48. The number of carbonyl (C=O) groups excluding carboxylic acids is 1. The van der Waals surface area contributed by atoms with Gasteiger partial charge in [-0.25, -0.2) is 0 Å². The monoisotopic (exact) mass is 255 g/mol. The van der Waals surface area contributed by atoms with Gasteiger partial charge in [-0.05, 0) is 44.8 Å². The SMILES string of the molecule is CC(C)[C@H](N)C(=O)NCCCN1CCCCCC1. The van der Waals surface area contributed by atoms with Gasteiger partial charge < -0.3 is 16.0 Å². The maximum Gasteiger partial charge on any atom is 0.237 e. The maximum absolute atomic E-state index is 11.6. The molecule has 0 aromatic heterocycles. The molecule has 0 bridgehead atoms. The summed E-state index contributed by atoms with van der Waals surface area (Å²) in [6.07, 6.45) is 6.42. The number of nitrogens with one attached hydrogen (secondary N) is 1. The van der Waals surface area contributed by atoms with E-state index >= 15 is 0 Å². The molecule has 0 aromatic rings. The van der Waals surface area contributed by atoms with Crippen LogP contribution in [-0.2, 0) is 4.79 Å². The Labute approximate surface area is 111 Å². The van der Waals surface area contributed by atoms with Crippen LogP contribution in [0.2, 0.25) is 0 Å². The molecule has 106 valence electrons. The molecule has 0 saturated carbocycles. The van der Waals surface area contributed by atoms with Crippen LogP contribution in [0.5, 0.6) is 0 Å². The van der Waals surface area contributed by atoms with E-state index in [1.807, 2.05) is 13.8 Å². The van der Waals surface area contributed by atoms with E-state index in [2.05, 4.69) is 10.2 Å². The summed E-state index contributed by atoms with van der Waals surface area (Å²) >= 11 is 0. The van der Waals surface area contributed by atoms with Crippen LogP contribution in [-0.4, -0.2) is 43.0 Å². The Balaban J connectivity index is 2.08. The van der Waals surface area contributed by atoms with Gasteiger partial charge in [-0.2, -0.15) is 0 Å². The van der Waals surface area contributed by atoms with Crippen LogP contribution in [0.25, 0.3) is 0 Å². The van der Waals surface area contributed by atoms with Crippen LogP contribution in [0.15, 0.2) is 0 Å². The van der Waals surface area contributed by atoms with Gasteiger partial charge in [-0.3, -0.25) is 4.79 Å². The highest BCUT2D eigenvalue weighted by Crippen LogP contribution is 2.09. The van der Waals surface area contributed by atoms with E-state index in [0.29, 0.717) is 0 Å². The molecule has 1 heterocycles. The number of nitrogens with zero attached hydrogens (tertiary/aromatic N) is 1. The molecule has 4 nitrogen and oxygen atoms in total. The standard InChI is InChI=1S/C14H29N3O/c1-12(2)13(15)14(18)16-8-7-11-17-9-5-3-4-6-10-17/h12-13H,3-11,15H2,1-2H3,(H,16,18)/t13-/m0/s1. The van der Waals surface area contributed by atoms with E-state index in [0.717, 1.165) is 19.5 Å². The van der Waals surface area contributed by atoms with Gasteiger partial charge in [0.25, 0.3) is 0 Å². The smallest absolute Gasteiger partial charge is 0.237 e. The summed E-state index contributed by atoms with van der Waals surface area (Å²) < 4.78 is 0. The first-order chi connectivity index (χ1) is 8.61. The molecule has 1 aliphatic heterocycles. The number of rotatable bonds is 6. The molecule has 1 atom stereocenters. The van der Waals surface area contributed by atoms with E-state index in [-0.39, 0.29) is 17.9 Å². The maximum atomic E-state index is 11.6. The third-order valence-electron chi connectivity index (χ3n) is 3.67. The molecule has 1 aliphatic rings. The van der Waals surface area contributed by atoms with Crippen LogP contribution in [0.4, 0.5) is 0 Å². The summed E-state index contributed by atoms with van der Waals surface area (Å²) in [5, 5.41) is 2.93. The van der Waals surface area contributed by atoms with Crippen molar-refractivity contribution in [2.45, 2.75) is 52.0 Å². The molecule has 0 spiro atoms. The lowest BCUT2D eigenvalue weighted by Gasteiger charge is -2.20. The van der Waals surface area contributed by atoms with E-state index in [9.17, 15) is 4.79 Å². The highest BCUT2D eigenvalue weighted by Gasteiger charge is 2.16. The molecule has 18 heavy (non-hydrogen) atoms. The predicted molar refractivity (Wildman–Crippen MR) is 75.3 cm³/mol.